The van der Waals surface area contributed by atoms with Crippen molar-refractivity contribution >= 4 is 64.2 Å². The largest absolute Gasteiger partial charge is 2.00 e. The number of imidazole rings is 1. The Bertz CT molecular complexity index is 2150. The van der Waals surface area contributed by atoms with Gasteiger partial charge in [0, 0.05) is 72.4 Å². The van der Waals surface area contributed by atoms with Crippen LogP contribution in [0.3, 0.4) is 0 Å². The molecular formula is C64H91MgN4NaO5Si. The molecule has 6 heterocycles. The number of hydrogen-bond acceptors (Lipinski definition) is 6. The molecule has 5 aromatic carbocycles. The predicted octanol–water partition coefficient (Wildman–Crippen LogP) is 12.1. The summed E-state index contributed by atoms with van der Waals surface area (Å²) in [6.07, 6.45) is 15.6. The Kier molecular flexibility index (Phi) is 34.1. The van der Waals surface area contributed by atoms with Gasteiger partial charge in [-0.1, -0.05) is 217 Å². The van der Waals surface area contributed by atoms with Gasteiger partial charge in [0.1, 0.15) is 0 Å². The Morgan fingerprint density at radius 2 is 0.684 bits per heavy atom. The van der Waals surface area contributed by atoms with Gasteiger partial charge < -0.3 is 43.2 Å². The van der Waals surface area contributed by atoms with Gasteiger partial charge in [0.25, 0.3) is 0 Å². The summed E-state index contributed by atoms with van der Waals surface area (Å²) in [6.45, 7) is 28.2. The van der Waals surface area contributed by atoms with Crippen LogP contribution in [-0.2, 0) is 30.7 Å². The van der Waals surface area contributed by atoms with E-state index in [4.69, 9.17) is 33.6 Å². The van der Waals surface area contributed by atoms with Crippen molar-refractivity contribution in [3.63, 3.8) is 0 Å². The average Bonchev–Trinajstić information content (AvgIpc) is 4.28. The summed E-state index contributed by atoms with van der Waals surface area (Å²) >= 11 is 0. The molecule has 0 saturated carbocycles. The molecule has 12 heteroatoms. The summed E-state index contributed by atoms with van der Waals surface area (Å²) in [5.41, 5.74) is 9.55. The first-order valence-corrected chi connectivity index (χ1v) is 29.9. The van der Waals surface area contributed by atoms with Crippen molar-refractivity contribution in [2.75, 3.05) is 66.1 Å². The molecule has 0 bridgehead atoms. The van der Waals surface area contributed by atoms with Crippen LogP contribution in [0.1, 0.15) is 166 Å². The van der Waals surface area contributed by atoms with Crippen LogP contribution in [-0.4, -0.2) is 107 Å². The van der Waals surface area contributed by atoms with Crippen LogP contribution in [0.5, 0.6) is 0 Å². The monoisotopic (exact) mass is 1070 g/mol. The molecule has 404 valence electrons. The smallest absolute Gasteiger partial charge is 0.692 e. The molecule has 0 spiro atoms. The van der Waals surface area contributed by atoms with E-state index in [1.165, 1.54) is 96.8 Å². The SMILES string of the molecule is C1CCOC1.C1CCOC1.C1CCOC1.C1CCOC1.C1CCOC1.CC(C)c1cccc(C(C)C)c1[N-][Si]([N-]c1c(C(C)C)cccc1C(C)C)(c1ccccc1)c1ccccc1.Cn1[c-]nc2ccccc21.[Mg+2].[Na+]. The zero-order valence-corrected chi connectivity index (χ0v) is 52.9. The van der Waals surface area contributed by atoms with Gasteiger partial charge in [-0.3, -0.25) is 0 Å². The normalized spacial score (nSPS) is 15.4. The van der Waals surface area contributed by atoms with Crippen molar-refractivity contribution in [1.82, 2.24) is 9.55 Å². The summed E-state index contributed by atoms with van der Waals surface area (Å²) in [7, 11) is -1.15. The van der Waals surface area contributed by atoms with Crippen LogP contribution in [0, 0.1) is 6.33 Å². The van der Waals surface area contributed by atoms with Crippen molar-refractivity contribution in [2.45, 2.75) is 143 Å². The quantitative estimate of drug-likeness (QED) is 0.100. The van der Waals surface area contributed by atoms with Gasteiger partial charge in [-0.25, -0.2) is 0 Å². The molecule has 6 aromatic rings. The van der Waals surface area contributed by atoms with Crippen LogP contribution >= 0.6 is 0 Å². The third kappa shape index (κ3) is 22.6. The summed E-state index contributed by atoms with van der Waals surface area (Å²) in [4.78, 5) is 15.9. The van der Waals surface area contributed by atoms with Gasteiger partial charge in [0.05, 0.1) is 0 Å². The predicted molar refractivity (Wildman–Crippen MR) is 319 cm³/mol. The minimum atomic E-state index is -3.09. The van der Waals surface area contributed by atoms with Crippen LogP contribution in [0.4, 0.5) is 11.4 Å². The molecule has 5 aliphatic heterocycles. The summed E-state index contributed by atoms with van der Waals surface area (Å²) in [5.74, 6) is 1.43. The Balaban J connectivity index is 0.000000323. The maximum Gasteiger partial charge on any atom is 2.00 e. The summed E-state index contributed by atoms with van der Waals surface area (Å²) < 4.78 is 26.6. The Hall–Kier alpha value is -3.05. The number of fused-ring (bicyclic) bond motifs is 1. The van der Waals surface area contributed by atoms with Crippen LogP contribution in [0.15, 0.2) is 121 Å². The van der Waals surface area contributed by atoms with Crippen molar-refractivity contribution < 1.29 is 53.2 Å². The molecule has 5 saturated heterocycles. The van der Waals surface area contributed by atoms with Crippen molar-refractivity contribution in [2.24, 2.45) is 7.05 Å². The van der Waals surface area contributed by atoms with Crippen LogP contribution in [0.2, 0.25) is 0 Å². The van der Waals surface area contributed by atoms with Gasteiger partial charge in [-0.2, -0.15) is 0 Å². The number of rotatable bonds is 10. The van der Waals surface area contributed by atoms with E-state index in [1.807, 2.05) is 35.9 Å². The van der Waals surface area contributed by atoms with Gasteiger partial charge in [-0.15, -0.1) is 23.5 Å². The number of aromatic nitrogens is 2. The van der Waals surface area contributed by atoms with Gasteiger partial charge >= 0.3 is 52.6 Å². The molecule has 5 aliphatic rings. The number of hydrogen-bond donors (Lipinski definition) is 0. The number of nitrogens with zero attached hydrogens (tertiary/aromatic N) is 4. The minimum Gasteiger partial charge on any atom is -0.692 e. The molecule has 5 fully saturated rings. The van der Waals surface area contributed by atoms with Crippen molar-refractivity contribution in [1.29, 1.82) is 0 Å². The maximum atomic E-state index is 5.94. The Labute approximate surface area is 499 Å². The first-order valence-electron chi connectivity index (χ1n) is 28.0. The second-order valence-corrected chi connectivity index (χ2v) is 23.6. The van der Waals surface area contributed by atoms with Crippen LogP contribution in [0.25, 0.3) is 21.0 Å². The molecule has 0 amide bonds. The molecule has 1 aromatic heterocycles. The average molecular weight is 1070 g/mol. The molecule has 0 N–H and O–H groups in total. The maximum absolute atomic E-state index is 5.94. The molecule has 0 radical (unpaired) electrons. The number of benzene rings is 5. The fraction of sp³-hybridized carbons (Fsp3) is 0.516. The Morgan fingerprint density at radius 1 is 0.408 bits per heavy atom. The summed E-state index contributed by atoms with van der Waals surface area (Å²) in [5, 5.41) is 2.41. The Morgan fingerprint density at radius 3 is 0.934 bits per heavy atom. The molecule has 0 atom stereocenters. The second-order valence-electron chi connectivity index (χ2n) is 20.7. The fourth-order valence-electron chi connectivity index (χ4n) is 8.97. The fourth-order valence-corrected chi connectivity index (χ4v) is 12.4. The van der Waals surface area contributed by atoms with E-state index in [1.54, 1.807) is 0 Å². The van der Waals surface area contributed by atoms with Gasteiger partial charge in [0.2, 0.25) is 0 Å². The summed E-state index contributed by atoms with van der Waals surface area (Å²) in [6, 6.07) is 43.1. The molecule has 9 nitrogen and oxygen atoms in total. The molecule has 0 aliphatic carbocycles. The third-order valence-corrected chi connectivity index (χ3v) is 16.7. The van der Waals surface area contributed by atoms with E-state index < -0.39 is 8.40 Å². The standard InChI is InChI=1S/C36H44N2Si.C8H7N2.5C4H8O.Mg.Na/c1-25(2)31-21-15-22-32(26(3)4)35(31)37-39(29-17-11-9-12-18-29,30-19-13-10-14-20-30)38-36-33(27(5)6)23-16-24-34(36)28(7)8;1-10-6-9-7-4-2-3-5-8(7)10;5*1-2-4-5-3-1;;/h9-28H,1-8H3;2-5H,1H3;5*1-4H2;;/q-2;-1;;;;;;+2;+1. The first kappa shape index (κ1) is 67.2. The van der Waals surface area contributed by atoms with E-state index in [0.29, 0.717) is 23.7 Å². The first-order chi connectivity index (χ1) is 36.0. The topological polar surface area (TPSA) is 92.2 Å². The minimum absolute atomic E-state index is 0. The van der Waals surface area contributed by atoms with E-state index in [-0.39, 0.29) is 52.6 Å². The molecule has 0 unspecified atom stereocenters. The van der Waals surface area contributed by atoms with Gasteiger partial charge in [0.15, 0.2) is 0 Å². The number of para-hydroxylation sites is 2. The second kappa shape index (κ2) is 38.5. The number of ether oxygens (including phenoxy) is 5. The molecule has 11 rings (SSSR count). The van der Waals surface area contributed by atoms with Crippen molar-refractivity contribution in [3.8, 4) is 0 Å². The molecular weight excluding hydrogens is 980 g/mol. The third-order valence-electron chi connectivity index (χ3n) is 13.3. The van der Waals surface area contributed by atoms with Crippen LogP contribution < -0.4 is 39.9 Å². The van der Waals surface area contributed by atoms with E-state index in [9.17, 15) is 0 Å². The van der Waals surface area contributed by atoms with Crippen molar-refractivity contribution in [3.05, 3.63) is 160 Å². The zero-order valence-electron chi connectivity index (χ0n) is 48.5. The van der Waals surface area contributed by atoms with E-state index in [0.717, 1.165) is 88.5 Å². The number of aryl methyl sites for hydroxylation is 1. The van der Waals surface area contributed by atoms with E-state index in [2.05, 4.69) is 164 Å². The zero-order chi connectivity index (χ0) is 52.8. The molecule has 76 heavy (non-hydrogen) atoms. The van der Waals surface area contributed by atoms with E-state index >= 15 is 0 Å². The van der Waals surface area contributed by atoms with Gasteiger partial charge in [-0.05, 0) is 94.9 Å².